The third kappa shape index (κ3) is 2.28. The van der Waals surface area contributed by atoms with Gasteiger partial charge >= 0.3 is 0 Å². The van der Waals surface area contributed by atoms with Gasteiger partial charge < -0.3 is 10.6 Å². The highest BCUT2D eigenvalue weighted by Crippen LogP contribution is 2.22. The number of rotatable bonds is 1. The van der Waals surface area contributed by atoms with Gasteiger partial charge in [-0.15, -0.1) is 0 Å². The molecule has 1 fully saturated rings. The summed E-state index contributed by atoms with van der Waals surface area (Å²) in [6.07, 6.45) is 3.44. The van der Waals surface area contributed by atoms with E-state index >= 15 is 0 Å². The number of hydrogen-bond donors (Lipinski definition) is 1. The first-order valence-corrected chi connectivity index (χ1v) is 6.27. The smallest absolute Gasteiger partial charge is 0.254 e. The molecule has 1 amide bonds. The number of nitrogens with two attached hydrogens (primary N) is 1. The molecule has 0 spiro atoms. The second-order valence-electron chi connectivity index (χ2n) is 4.86. The van der Waals surface area contributed by atoms with Gasteiger partial charge in [-0.1, -0.05) is 6.07 Å². The lowest BCUT2D eigenvalue weighted by Gasteiger charge is -2.33. The molecule has 3 heteroatoms. The van der Waals surface area contributed by atoms with Crippen molar-refractivity contribution in [2.75, 3.05) is 12.3 Å². The predicted octanol–water partition coefficient (Wildman–Crippen LogP) is 2.59. The SMILES string of the molecule is Cc1c(N)cccc1C(=O)N1CCCC[C@H]1C. The number of carbonyl (C=O) groups excluding carboxylic acids is 1. The minimum absolute atomic E-state index is 0.127. The molecule has 1 aliphatic rings. The molecule has 92 valence electrons. The Kier molecular flexibility index (Phi) is 3.36. The van der Waals surface area contributed by atoms with Crippen molar-refractivity contribution >= 4 is 11.6 Å². The lowest BCUT2D eigenvalue weighted by Crippen LogP contribution is -2.42. The predicted molar refractivity (Wildman–Crippen MR) is 69.9 cm³/mol. The van der Waals surface area contributed by atoms with E-state index in [-0.39, 0.29) is 5.91 Å². The first kappa shape index (κ1) is 12.0. The molecule has 0 aliphatic carbocycles. The van der Waals surface area contributed by atoms with Gasteiger partial charge in [-0.05, 0) is 50.8 Å². The highest BCUT2D eigenvalue weighted by atomic mass is 16.2. The van der Waals surface area contributed by atoms with Gasteiger partial charge in [-0.2, -0.15) is 0 Å². The fourth-order valence-electron chi connectivity index (χ4n) is 2.44. The summed E-state index contributed by atoms with van der Waals surface area (Å²) < 4.78 is 0. The van der Waals surface area contributed by atoms with Crippen molar-refractivity contribution < 1.29 is 4.79 Å². The number of amides is 1. The van der Waals surface area contributed by atoms with Gasteiger partial charge in [0.2, 0.25) is 0 Å². The number of likely N-dealkylation sites (tertiary alicyclic amines) is 1. The molecule has 17 heavy (non-hydrogen) atoms. The van der Waals surface area contributed by atoms with Crippen LogP contribution >= 0.6 is 0 Å². The molecule has 3 nitrogen and oxygen atoms in total. The Morgan fingerprint density at radius 3 is 2.88 bits per heavy atom. The molecule has 2 rings (SSSR count). The Bertz CT molecular complexity index is 428. The fraction of sp³-hybridized carbons (Fsp3) is 0.500. The van der Waals surface area contributed by atoms with Crippen molar-refractivity contribution in [1.82, 2.24) is 4.90 Å². The van der Waals surface area contributed by atoms with Crippen LogP contribution in [0.5, 0.6) is 0 Å². The molecule has 1 aromatic carbocycles. The van der Waals surface area contributed by atoms with Gasteiger partial charge in [0, 0.05) is 23.8 Å². The number of carbonyl (C=O) groups is 1. The van der Waals surface area contributed by atoms with E-state index in [4.69, 9.17) is 5.73 Å². The molecular weight excluding hydrogens is 212 g/mol. The van der Waals surface area contributed by atoms with Crippen LogP contribution in [0.3, 0.4) is 0 Å². The molecule has 2 N–H and O–H groups in total. The summed E-state index contributed by atoms with van der Waals surface area (Å²) in [5, 5.41) is 0. The number of nitrogen functional groups attached to an aromatic ring is 1. The molecular formula is C14H20N2O. The first-order valence-electron chi connectivity index (χ1n) is 6.27. The number of anilines is 1. The summed E-state index contributed by atoms with van der Waals surface area (Å²) in [5.41, 5.74) is 8.19. The van der Waals surface area contributed by atoms with Gasteiger partial charge in [0.15, 0.2) is 0 Å². The summed E-state index contributed by atoms with van der Waals surface area (Å²) in [6.45, 7) is 4.91. The highest BCUT2D eigenvalue weighted by Gasteiger charge is 2.25. The third-order valence-corrected chi connectivity index (χ3v) is 3.67. The van der Waals surface area contributed by atoms with E-state index in [2.05, 4.69) is 6.92 Å². The molecule has 1 aromatic rings. The van der Waals surface area contributed by atoms with Crippen molar-refractivity contribution in [2.24, 2.45) is 0 Å². The highest BCUT2D eigenvalue weighted by molar-refractivity contribution is 5.97. The standard InChI is InChI=1S/C14H20N2O/c1-10-6-3-4-9-16(10)14(17)12-7-5-8-13(15)11(12)2/h5,7-8,10H,3-4,6,9,15H2,1-2H3/t10-/m1/s1. The molecule has 1 aliphatic heterocycles. The van der Waals surface area contributed by atoms with Crippen molar-refractivity contribution in [3.63, 3.8) is 0 Å². The van der Waals surface area contributed by atoms with Crippen LogP contribution in [-0.2, 0) is 0 Å². The number of nitrogens with zero attached hydrogens (tertiary/aromatic N) is 1. The largest absolute Gasteiger partial charge is 0.398 e. The maximum absolute atomic E-state index is 12.5. The van der Waals surface area contributed by atoms with Crippen molar-refractivity contribution in [2.45, 2.75) is 39.2 Å². The van der Waals surface area contributed by atoms with Gasteiger partial charge in [0.1, 0.15) is 0 Å². The average molecular weight is 232 g/mol. The zero-order valence-corrected chi connectivity index (χ0v) is 10.6. The summed E-state index contributed by atoms with van der Waals surface area (Å²) >= 11 is 0. The maximum atomic E-state index is 12.5. The number of benzene rings is 1. The van der Waals surface area contributed by atoms with E-state index in [0.717, 1.165) is 30.5 Å². The van der Waals surface area contributed by atoms with Crippen LogP contribution in [-0.4, -0.2) is 23.4 Å². The average Bonchev–Trinajstić information content (AvgIpc) is 2.32. The Labute approximate surface area is 103 Å². The second kappa shape index (κ2) is 4.78. The summed E-state index contributed by atoms with van der Waals surface area (Å²) in [4.78, 5) is 14.4. The zero-order chi connectivity index (χ0) is 12.4. The molecule has 0 saturated carbocycles. The molecule has 1 atom stereocenters. The van der Waals surface area contributed by atoms with Crippen molar-refractivity contribution in [1.29, 1.82) is 0 Å². The van der Waals surface area contributed by atoms with Crippen LogP contribution in [0.1, 0.15) is 42.1 Å². The van der Waals surface area contributed by atoms with Gasteiger partial charge in [-0.3, -0.25) is 4.79 Å². The third-order valence-electron chi connectivity index (χ3n) is 3.67. The van der Waals surface area contributed by atoms with Gasteiger partial charge in [-0.25, -0.2) is 0 Å². The Morgan fingerprint density at radius 2 is 2.18 bits per heavy atom. The zero-order valence-electron chi connectivity index (χ0n) is 10.6. The Morgan fingerprint density at radius 1 is 1.41 bits per heavy atom. The Hall–Kier alpha value is -1.51. The summed E-state index contributed by atoms with van der Waals surface area (Å²) in [6, 6.07) is 5.91. The monoisotopic (exact) mass is 232 g/mol. The maximum Gasteiger partial charge on any atom is 0.254 e. The van der Waals surface area contributed by atoms with Crippen LogP contribution in [0.15, 0.2) is 18.2 Å². The lowest BCUT2D eigenvalue weighted by molar-refractivity contribution is 0.0635. The fourth-order valence-corrected chi connectivity index (χ4v) is 2.44. The minimum Gasteiger partial charge on any atom is -0.398 e. The quantitative estimate of drug-likeness (QED) is 0.756. The van der Waals surface area contributed by atoms with Crippen LogP contribution in [0, 0.1) is 6.92 Å². The molecule has 0 aromatic heterocycles. The van der Waals surface area contributed by atoms with Gasteiger partial charge in [0.05, 0.1) is 0 Å². The molecule has 1 saturated heterocycles. The van der Waals surface area contributed by atoms with Crippen LogP contribution in [0.25, 0.3) is 0 Å². The Balaban J connectivity index is 2.27. The summed E-state index contributed by atoms with van der Waals surface area (Å²) in [7, 11) is 0. The first-order chi connectivity index (χ1) is 8.11. The number of piperidine rings is 1. The lowest BCUT2D eigenvalue weighted by atomic mass is 10.00. The normalized spacial score (nSPS) is 20.4. The molecule has 0 radical (unpaired) electrons. The van der Waals surface area contributed by atoms with E-state index in [1.54, 1.807) is 0 Å². The number of hydrogen-bond acceptors (Lipinski definition) is 2. The molecule has 1 heterocycles. The van der Waals surface area contributed by atoms with Crippen LogP contribution in [0.2, 0.25) is 0 Å². The van der Waals surface area contributed by atoms with Crippen molar-refractivity contribution in [3.05, 3.63) is 29.3 Å². The van der Waals surface area contributed by atoms with E-state index in [0.29, 0.717) is 11.7 Å². The van der Waals surface area contributed by atoms with Crippen LogP contribution < -0.4 is 5.73 Å². The second-order valence-corrected chi connectivity index (χ2v) is 4.86. The minimum atomic E-state index is 0.127. The molecule has 0 bridgehead atoms. The van der Waals surface area contributed by atoms with Crippen molar-refractivity contribution in [3.8, 4) is 0 Å². The van der Waals surface area contributed by atoms with E-state index in [1.807, 2.05) is 30.0 Å². The van der Waals surface area contributed by atoms with E-state index in [9.17, 15) is 4.79 Å². The molecule has 0 unspecified atom stereocenters. The van der Waals surface area contributed by atoms with E-state index in [1.165, 1.54) is 6.42 Å². The topological polar surface area (TPSA) is 46.3 Å². The van der Waals surface area contributed by atoms with E-state index < -0.39 is 0 Å². The van der Waals surface area contributed by atoms with Gasteiger partial charge in [0.25, 0.3) is 5.91 Å². The summed E-state index contributed by atoms with van der Waals surface area (Å²) in [5.74, 6) is 0.127. The van der Waals surface area contributed by atoms with Crippen LogP contribution in [0.4, 0.5) is 5.69 Å².